The number of aromatic nitrogens is 2. The van der Waals surface area contributed by atoms with Gasteiger partial charge in [-0.05, 0) is 13.3 Å². The summed E-state index contributed by atoms with van der Waals surface area (Å²) in [4.78, 5) is 14.5. The maximum Gasteiger partial charge on any atom is 0.314 e. The number of hydrogen-bond acceptors (Lipinski definition) is 6. The Balaban J connectivity index is 2.60. The van der Waals surface area contributed by atoms with Gasteiger partial charge in [0.15, 0.2) is 0 Å². The second-order valence-electron chi connectivity index (χ2n) is 3.33. The van der Waals surface area contributed by atoms with Crippen LogP contribution in [0.1, 0.15) is 38.6 Å². The molecule has 7 heteroatoms. The van der Waals surface area contributed by atoms with E-state index < -0.39 is 5.97 Å². The summed E-state index contributed by atoms with van der Waals surface area (Å²) in [6.45, 7) is 4.53. The monoisotopic (exact) mass is 260 g/mol. The minimum absolute atomic E-state index is 0.0886. The minimum Gasteiger partial charge on any atom is -0.481 e. The van der Waals surface area contributed by atoms with Gasteiger partial charge in [-0.2, -0.15) is 4.98 Å². The van der Waals surface area contributed by atoms with Gasteiger partial charge in [-0.1, -0.05) is 30.3 Å². The van der Waals surface area contributed by atoms with Crippen LogP contribution in [0.5, 0.6) is 0 Å². The van der Waals surface area contributed by atoms with Crippen LogP contribution in [0.15, 0.2) is 9.75 Å². The quantitative estimate of drug-likeness (QED) is 0.716. The van der Waals surface area contributed by atoms with Crippen molar-refractivity contribution in [2.24, 2.45) is 0 Å². The van der Waals surface area contributed by atoms with Gasteiger partial charge in [0.2, 0.25) is 5.82 Å². The number of rotatable bonds is 8. The molecule has 1 aromatic heterocycles. The molecule has 0 bridgehead atoms. The van der Waals surface area contributed by atoms with Crippen molar-refractivity contribution in [2.75, 3.05) is 12.4 Å². The van der Waals surface area contributed by atoms with Crippen molar-refractivity contribution in [1.29, 1.82) is 0 Å². The Morgan fingerprint density at radius 1 is 1.59 bits per heavy atom. The Bertz CT molecular complexity index is 350. The standard InChI is InChI=1S/C10H16N2O4S/c1-3-5-7(15-4-2)9-11-10(16-12-9)17-6-8(13)14/h7H,3-6H2,1-2H3,(H,13,14). The molecule has 0 aromatic carbocycles. The third-order valence-electron chi connectivity index (χ3n) is 1.95. The summed E-state index contributed by atoms with van der Waals surface area (Å²) in [6.07, 6.45) is 1.60. The third kappa shape index (κ3) is 4.74. The molecule has 0 spiro atoms. The van der Waals surface area contributed by atoms with Gasteiger partial charge in [-0.25, -0.2) is 0 Å². The zero-order valence-electron chi connectivity index (χ0n) is 9.88. The van der Waals surface area contributed by atoms with Crippen molar-refractivity contribution in [1.82, 2.24) is 10.1 Å². The maximum atomic E-state index is 10.4. The van der Waals surface area contributed by atoms with Crippen LogP contribution in [0.4, 0.5) is 0 Å². The molecule has 17 heavy (non-hydrogen) atoms. The smallest absolute Gasteiger partial charge is 0.314 e. The lowest BCUT2D eigenvalue weighted by molar-refractivity contribution is -0.133. The van der Waals surface area contributed by atoms with Crippen LogP contribution in [0.3, 0.4) is 0 Å². The Morgan fingerprint density at radius 2 is 2.35 bits per heavy atom. The van der Waals surface area contributed by atoms with Crippen molar-refractivity contribution < 1.29 is 19.2 Å². The van der Waals surface area contributed by atoms with Crippen molar-refractivity contribution in [2.45, 2.75) is 38.0 Å². The summed E-state index contributed by atoms with van der Waals surface area (Å²) in [6, 6.07) is 0. The van der Waals surface area contributed by atoms with E-state index in [4.69, 9.17) is 14.4 Å². The molecule has 0 radical (unpaired) electrons. The van der Waals surface area contributed by atoms with Crippen molar-refractivity contribution in [3.63, 3.8) is 0 Å². The molecule has 1 N–H and O–H groups in total. The third-order valence-corrected chi connectivity index (χ3v) is 2.75. The number of aliphatic carboxylic acids is 1. The van der Waals surface area contributed by atoms with Crippen molar-refractivity contribution in [3.8, 4) is 0 Å². The van der Waals surface area contributed by atoms with E-state index in [1.807, 2.05) is 13.8 Å². The molecular formula is C10H16N2O4S. The second kappa shape index (κ2) is 7.29. The van der Waals surface area contributed by atoms with Gasteiger partial charge in [0, 0.05) is 6.61 Å². The average Bonchev–Trinajstić information content (AvgIpc) is 2.74. The van der Waals surface area contributed by atoms with E-state index in [-0.39, 0.29) is 17.1 Å². The molecule has 0 saturated heterocycles. The topological polar surface area (TPSA) is 85.5 Å². The highest BCUT2D eigenvalue weighted by Crippen LogP contribution is 2.23. The lowest BCUT2D eigenvalue weighted by atomic mass is 10.2. The van der Waals surface area contributed by atoms with Gasteiger partial charge in [-0.15, -0.1) is 0 Å². The first kappa shape index (κ1) is 14.0. The molecule has 6 nitrogen and oxygen atoms in total. The molecule has 1 aromatic rings. The largest absolute Gasteiger partial charge is 0.481 e. The maximum absolute atomic E-state index is 10.4. The summed E-state index contributed by atoms with van der Waals surface area (Å²) in [5.74, 6) is -0.513. The number of nitrogens with zero attached hydrogens (tertiary/aromatic N) is 2. The molecule has 1 rings (SSSR count). The Labute approximate surface area is 104 Å². The van der Waals surface area contributed by atoms with E-state index in [0.29, 0.717) is 12.4 Å². The molecule has 1 heterocycles. The van der Waals surface area contributed by atoms with Gasteiger partial charge in [-0.3, -0.25) is 4.79 Å². The SMILES string of the molecule is CCCC(OCC)c1noc(SCC(=O)O)n1. The molecule has 0 saturated carbocycles. The molecule has 0 aliphatic heterocycles. The zero-order chi connectivity index (χ0) is 12.7. The lowest BCUT2D eigenvalue weighted by Gasteiger charge is -2.10. The van der Waals surface area contributed by atoms with Gasteiger partial charge in [0.1, 0.15) is 11.9 Å². The predicted octanol–water partition coefficient (Wildman–Crippen LogP) is 2.12. The van der Waals surface area contributed by atoms with Crippen LogP contribution in [0.25, 0.3) is 0 Å². The zero-order valence-corrected chi connectivity index (χ0v) is 10.7. The first-order valence-corrected chi connectivity index (χ1v) is 6.45. The summed E-state index contributed by atoms with van der Waals surface area (Å²) in [7, 11) is 0. The molecule has 0 fully saturated rings. The van der Waals surface area contributed by atoms with E-state index in [1.165, 1.54) is 0 Å². The van der Waals surface area contributed by atoms with Gasteiger partial charge >= 0.3 is 5.97 Å². The summed E-state index contributed by atoms with van der Waals surface area (Å²) >= 11 is 1.01. The Kier molecular flexibility index (Phi) is 5.99. The second-order valence-corrected chi connectivity index (χ2v) is 4.26. The predicted molar refractivity (Wildman–Crippen MR) is 61.9 cm³/mol. The normalized spacial score (nSPS) is 12.6. The number of carbonyl (C=O) groups is 1. The number of hydrogen-bond donors (Lipinski definition) is 1. The fourth-order valence-electron chi connectivity index (χ4n) is 1.28. The van der Waals surface area contributed by atoms with Crippen molar-refractivity contribution >= 4 is 17.7 Å². The van der Waals surface area contributed by atoms with Crippen LogP contribution in [-0.2, 0) is 9.53 Å². The molecule has 1 atom stereocenters. The van der Waals surface area contributed by atoms with E-state index in [0.717, 1.165) is 24.6 Å². The molecule has 0 aliphatic carbocycles. The number of carboxylic acids is 1. The Hall–Kier alpha value is -1.08. The van der Waals surface area contributed by atoms with Crippen LogP contribution < -0.4 is 0 Å². The number of carboxylic acid groups (broad SMARTS) is 1. The van der Waals surface area contributed by atoms with Gasteiger partial charge < -0.3 is 14.4 Å². The Morgan fingerprint density at radius 3 is 2.94 bits per heavy atom. The summed E-state index contributed by atoms with van der Waals surface area (Å²) in [5, 5.41) is 12.6. The van der Waals surface area contributed by atoms with Crippen LogP contribution in [0.2, 0.25) is 0 Å². The van der Waals surface area contributed by atoms with Gasteiger partial charge in [0.05, 0.1) is 0 Å². The van der Waals surface area contributed by atoms with E-state index >= 15 is 0 Å². The lowest BCUT2D eigenvalue weighted by Crippen LogP contribution is -2.06. The molecule has 1 unspecified atom stereocenters. The first-order chi connectivity index (χ1) is 8.17. The van der Waals surface area contributed by atoms with Crippen LogP contribution in [-0.4, -0.2) is 33.6 Å². The average molecular weight is 260 g/mol. The first-order valence-electron chi connectivity index (χ1n) is 5.47. The van der Waals surface area contributed by atoms with Crippen molar-refractivity contribution in [3.05, 3.63) is 5.82 Å². The minimum atomic E-state index is -0.912. The summed E-state index contributed by atoms with van der Waals surface area (Å²) < 4.78 is 10.4. The van der Waals surface area contributed by atoms with E-state index in [1.54, 1.807) is 0 Å². The van der Waals surface area contributed by atoms with E-state index in [9.17, 15) is 4.79 Å². The van der Waals surface area contributed by atoms with Crippen LogP contribution in [0, 0.1) is 0 Å². The fourth-order valence-corrected chi connectivity index (χ4v) is 1.78. The van der Waals surface area contributed by atoms with Crippen LogP contribution >= 0.6 is 11.8 Å². The summed E-state index contributed by atoms with van der Waals surface area (Å²) in [5.41, 5.74) is 0. The number of ether oxygens (including phenoxy) is 1. The highest BCUT2D eigenvalue weighted by atomic mass is 32.2. The fraction of sp³-hybridized carbons (Fsp3) is 0.700. The molecule has 0 aliphatic rings. The van der Waals surface area contributed by atoms with E-state index in [2.05, 4.69) is 10.1 Å². The highest BCUT2D eigenvalue weighted by Gasteiger charge is 2.18. The number of thioether (sulfide) groups is 1. The molecule has 96 valence electrons. The van der Waals surface area contributed by atoms with Gasteiger partial charge in [0.25, 0.3) is 5.22 Å². The molecular weight excluding hydrogens is 244 g/mol. The molecule has 0 amide bonds. The highest BCUT2D eigenvalue weighted by molar-refractivity contribution is 7.99.